The molecule has 1 amide bonds. The van der Waals surface area contributed by atoms with E-state index in [-0.39, 0.29) is 11.6 Å². The Morgan fingerprint density at radius 1 is 1.29 bits per heavy atom. The lowest BCUT2D eigenvalue weighted by molar-refractivity contribution is -0.385. The van der Waals surface area contributed by atoms with Crippen molar-refractivity contribution in [3.8, 4) is 0 Å². The van der Waals surface area contributed by atoms with Gasteiger partial charge >= 0.3 is 0 Å². The van der Waals surface area contributed by atoms with Crippen molar-refractivity contribution in [1.82, 2.24) is 9.88 Å². The van der Waals surface area contributed by atoms with Crippen LogP contribution >= 0.6 is 0 Å². The van der Waals surface area contributed by atoms with E-state index in [4.69, 9.17) is 0 Å². The average Bonchev–Trinajstić information content (AvgIpc) is 2.96. The van der Waals surface area contributed by atoms with Crippen LogP contribution in [-0.4, -0.2) is 21.9 Å². The molecule has 21 heavy (non-hydrogen) atoms. The highest BCUT2D eigenvalue weighted by molar-refractivity contribution is 5.96. The number of carbonyl (C=O) groups excluding carboxylic acids is 1. The second-order valence-electron chi connectivity index (χ2n) is 4.74. The van der Waals surface area contributed by atoms with Crippen molar-refractivity contribution in [3.63, 3.8) is 0 Å². The third-order valence-electron chi connectivity index (χ3n) is 3.29. The zero-order chi connectivity index (χ0) is 15.2. The number of hydrogen-bond donors (Lipinski definition) is 1. The Balaban J connectivity index is 1.91. The van der Waals surface area contributed by atoms with Gasteiger partial charge in [0.05, 0.1) is 4.92 Å². The predicted molar refractivity (Wildman–Crippen MR) is 79.2 cm³/mol. The van der Waals surface area contributed by atoms with Gasteiger partial charge in [-0.25, -0.2) is 0 Å². The zero-order valence-electron chi connectivity index (χ0n) is 11.8. The lowest BCUT2D eigenvalue weighted by Gasteiger charge is -2.08. The molecule has 6 nitrogen and oxygen atoms in total. The summed E-state index contributed by atoms with van der Waals surface area (Å²) in [5, 5.41) is 13.7. The van der Waals surface area contributed by atoms with Gasteiger partial charge in [-0.05, 0) is 31.5 Å². The molecule has 6 heteroatoms. The Morgan fingerprint density at radius 3 is 2.67 bits per heavy atom. The molecule has 0 fully saturated rings. The average molecular weight is 287 g/mol. The second kappa shape index (κ2) is 6.69. The van der Waals surface area contributed by atoms with Crippen molar-refractivity contribution in [2.24, 2.45) is 0 Å². The standard InChI is InChI=1S/C15H17N3O3/c1-12-13(6-4-7-14(12)18(20)21)15(19)16-8-5-11-17-9-2-3-10-17/h2-4,6-7,9-10H,5,8,11H2,1H3,(H,16,19). The van der Waals surface area contributed by atoms with Gasteiger partial charge in [-0.2, -0.15) is 0 Å². The number of nitrogens with zero attached hydrogens (tertiary/aromatic N) is 2. The molecular weight excluding hydrogens is 270 g/mol. The fourth-order valence-electron chi connectivity index (χ4n) is 2.15. The van der Waals surface area contributed by atoms with Crippen molar-refractivity contribution >= 4 is 11.6 Å². The monoisotopic (exact) mass is 287 g/mol. The molecule has 0 bridgehead atoms. The van der Waals surface area contributed by atoms with E-state index < -0.39 is 4.92 Å². The van der Waals surface area contributed by atoms with E-state index in [1.165, 1.54) is 12.1 Å². The van der Waals surface area contributed by atoms with Crippen molar-refractivity contribution < 1.29 is 9.72 Å². The van der Waals surface area contributed by atoms with Gasteiger partial charge in [-0.1, -0.05) is 6.07 Å². The van der Waals surface area contributed by atoms with Crippen molar-refractivity contribution in [2.45, 2.75) is 19.9 Å². The summed E-state index contributed by atoms with van der Waals surface area (Å²) in [4.78, 5) is 22.4. The molecule has 0 aliphatic carbocycles. The Morgan fingerprint density at radius 2 is 2.00 bits per heavy atom. The van der Waals surface area contributed by atoms with Gasteiger partial charge in [0.25, 0.3) is 11.6 Å². The highest BCUT2D eigenvalue weighted by Crippen LogP contribution is 2.20. The van der Waals surface area contributed by atoms with Crippen molar-refractivity contribution in [1.29, 1.82) is 0 Å². The third-order valence-corrected chi connectivity index (χ3v) is 3.29. The molecular formula is C15H17N3O3. The van der Waals surface area contributed by atoms with Gasteiger partial charge in [0.15, 0.2) is 0 Å². The smallest absolute Gasteiger partial charge is 0.273 e. The second-order valence-corrected chi connectivity index (χ2v) is 4.74. The molecule has 0 unspecified atom stereocenters. The van der Waals surface area contributed by atoms with Crippen LogP contribution < -0.4 is 5.32 Å². The van der Waals surface area contributed by atoms with E-state index in [1.807, 2.05) is 29.1 Å². The first-order valence-corrected chi connectivity index (χ1v) is 6.72. The molecule has 1 heterocycles. The number of rotatable bonds is 6. The molecule has 0 spiro atoms. The maximum atomic E-state index is 12.1. The minimum absolute atomic E-state index is 0.0324. The highest BCUT2D eigenvalue weighted by atomic mass is 16.6. The molecule has 0 aliphatic heterocycles. The van der Waals surface area contributed by atoms with E-state index in [2.05, 4.69) is 5.32 Å². The lowest BCUT2D eigenvalue weighted by atomic mass is 10.1. The normalized spacial score (nSPS) is 10.3. The first-order valence-electron chi connectivity index (χ1n) is 6.72. The first kappa shape index (κ1) is 14.8. The Bertz CT molecular complexity index is 636. The number of nitro benzene ring substituents is 1. The number of carbonyl (C=O) groups is 1. The minimum Gasteiger partial charge on any atom is -0.354 e. The number of benzene rings is 1. The fourth-order valence-corrected chi connectivity index (χ4v) is 2.15. The molecule has 0 saturated carbocycles. The summed E-state index contributed by atoms with van der Waals surface area (Å²) in [5.74, 6) is -0.274. The SMILES string of the molecule is Cc1c(C(=O)NCCCn2cccc2)cccc1[N+](=O)[O-]. The van der Waals surface area contributed by atoms with E-state index in [0.29, 0.717) is 17.7 Å². The molecule has 110 valence electrons. The fraction of sp³-hybridized carbons (Fsp3) is 0.267. The lowest BCUT2D eigenvalue weighted by Crippen LogP contribution is -2.26. The summed E-state index contributed by atoms with van der Waals surface area (Å²) < 4.78 is 2.03. The van der Waals surface area contributed by atoms with Gasteiger partial charge in [-0.3, -0.25) is 14.9 Å². The van der Waals surface area contributed by atoms with Crippen LogP contribution in [0.1, 0.15) is 22.3 Å². The van der Waals surface area contributed by atoms with Gasteiger partial charge in [0, 0.05) is 42.7 Å². The Hall–Kier alpha value is -2.63. The third kappa shape index (κ3) is 3.68. The van der Waals surface area contributed by atoms with Crippen molar-refractivity contribution in [3.05, 3.63) is 64.0 Å². The molecule has 0 saturated heterocycles. The number of nitro groups is 1. The summed E-state index contributed by atoms with van der Waals surface area (Å²) in [6, 6.07) is 8.43. The van der Waals surface area contributed by atoms with Gasteiger partial charge in [0.2, 0.25) is 0 Å². The van der Waals surface area contributed by atoms with Crippen LogP contribution in [0.2, 0.25) is 0 Å². The molecule has 2 aromatic rings. The van der Waals surface area contributed by atoms with Crippen LogP contribution in [0, 0.1) is 17.0 Å². The Labute approximate surface area is 122 Å². The minimum atomic E-state index is -0.474. The van der Waals surface area contributed by atoms with Crippen LogP contribution in [0.25, 0.3) is 0 Å². The van der Waals surface area contributed by atoms with Crippen LogP contribution in [0.5, 0.6) is 0 Å². The summed E-state index contributed by atoms with van der Waals surface area (Å²) in [7, 11) is 0. The molecule has 2 rings (SSSR count). The zero-order valence-corrected chi connectivity index (χ0v) is 11.8. The quantitative estimate of drug-likeness (QED) is 0.504. The van der Waals surface area contributed by atoms with Crippen LogP contribution in [0.15, 0.2) is 42.7 Å². The summed E-state index contributed by atoms with van der Waals surface area (Å²) >= 11 is 0. The molecule has 1 N–H and O–H groups in total. The molecule has 1 aromatic carbocycles. The molecule has 0 aliphatic rings. The maximum absolute atomic E-state index is 12.1. The van der Waals surface area contributed by atoms with Crippen molar-refractivity contribution in [2.75, 3.05) is 6.54 Å². The van der Waals surface area contributed by atoms with Crippen LogP contribution in [0.4, 0.5) is 5.69 Å². The summed E-state index contributed by atoms with van der Waals surface area (Å²) in [6.07, 6.45) is 4.73. The number of hydrogen-bond acceptors (Lipinski definition) is 3. The van der Waals surface area contributed by atoms with Crippen LogP contribution in [-0.2, 0) is 6.54 Å². The van der Waals surface area contributed by atoms with Gasteiger partial charge < -0.3 is 9.88 Å². The number of amides is 1. The number of nitrogens with one attached hydrogen (secondary N) is 1. The predicted octanol–water partition coefficient (Wildman–Crippen LogP) is 2.52. The van der Waals surface area contributed by atoms with Crippen LogP contribution in [0.3, 0.4) is 0 Å². The van der Waals surface area contributed by atoms with Gasteiger partial charge in [-0.15, -0.1) is 0 Å². The maximum Gasteiger partial charge on any atom is 0.273 e. The molecule has 1 aromatic heterocycles. The number of aromatic nitrogens is 1. The topological polar surface area (TPSA) is 77.2 Å². The molecule has 0 atom stereocenters. The summed E-state index contributed by atoms with van der Waals surface area (Å²) in [6.45, 7) is 2.94. The largest absolute Gasteiger partial charge is 0.354 e. The van der Waals surface area contributed by atoms with E-state index in [9.17, 15) is 14.9 Å². The van der Waals surface area contributed by atoms with E-state index in [1.54, 1.807) is 13.0 Å². The number of aryl methyl sites for hydroxylation is 1. The van der Waals surface area contributed by atoms with Gasteiger partial charge in [0.1, 0.15) is 0 Å². The molecule has 0 radical (unpaired) electrons. The Kier molecular flexibility index (Phi) is 4.71. The first-order chi connectivity index (χ1) is 10.1. The summed E-state index contributed by atoms with van der Waals surface area (Å²) in [5.41, 5.74) is 0.713. The van der Waals surface area contributed by atoms with E-state index >= 15 is 0 Å². The van der Waals surface area contributed by atoms with E-state index in [0.717, 1.165) is 13.0 Å². The highest BCUT2D eigenvalue weighted by Gasteiger charge is 2.17.